The van der Waals surface area contributed by atoms with Gasteiger partial charge in [-0.2, -0.15) is 0 Å². The summed E-state index contributed by atoms with van der Waals surface area (Å²) < 4.78 is 0. The molecule has 166 valence electrons. The van der Waals surface area contributed by atoms with E-state index in [0.29, 0.717) is 22.7 Å². The Kier molecular flexibility index (Phi) is 4.89. The number of aryl methyl sites for hydroxylation is 1. The molecule has 0 unspecified atom stereocenters. The maximum absolute atomic E-state index is 13.6. The second kappa shape index (κ2) is 7.40. The number of aliphatic hydroxyl groups is 1. The number of anilines is 1. The molecule has 3 aliphatic rings. The zero-order valence-electron chi connectivity index (χ0n) is 17.8. The number of likely N-dealkylation sites (tertiary alicyclic amines) is 1. The van der Waals surface area contributed by atoms with Gasteiger partial charge in [-0.25, -0.2) is 0 Å². The van der Waals surface area contributed by atoms with Crippen LogP contribution in [0.5, 0.6) is 0 Å². The molecule has 3 heterocycles. The first-order chi connectivity index (χ1) is 15.3. The number of carbonyl (C=O) groups is 3. The Morgan fingerprint density at radius 2 is 1.88 bits per heavy atom. The third-order valence-electron chi connectivity index (χ3n) is 7.00. The first-order valence-electron chi connectivity index (χ1n) is 10.7. The summed E-state index contributed by atoms with van der Waals surface area (Å²) in [6.07, 6.45) is -0.421. The molecule has 3 N–H and O–H groups in total. The van der Waals surface area contributed by atoms with Crippen LogP contribution >= 0.6 is 11.6 Å². The number of carbonyl (C=O) groups excluding carboxylic acids is 3. The molecule has 2 aromatic carbocycles. The van der Waals surface area contributed by atoms with Gasteiger partial charge in [-0.3, -0.25) is 24.6 Å². The molecule has 8 heteroatoms. The standard InChI is InChI=1S/C24H24ClN3O4/c1-12-10-15(25)11-16-19(12)26-23(32)24(16)18-17(20(27-24)13(2)29)21(30)28(22(18)31)9-8-14-6-4-3-5-7-14/h3-7,10-11,13,17-18,20,27,29H,8-9H2,1-2H3,(H,26,32)/t13-,17+,18-,20+,24-/m1/s1. The van der Waals surface area contributed by atoms with Crippen molar-refractivity contribution in [3.63, 3.8) is 0 Å². The van der Waals surface area contributed by atoms with Crippen molar-refractivity contribution in [2.75, 3.05) is 11.9 Å². The van der Waals surface area contributed by atoms with Gasteiger partial charge in [0.1, 0.15) is 5.54 Å². The van der Waals surface area contributed by atoms with E-state index in [1.54, 1.807) is 19.1 Å². The highest BCUT2D eigenvalue weighted by Gasteiger charge is 2.71. The van der Waals surface area contributed by atoms with Gasteiger partial charge in [-0.05, 0) is 43.5 Å². The average molecular weight is 454 g/mol. The van der Waals surface area contributed by atoms with Crippen LogP contribution in [0, 0.1) is 18.8 Å². The van der Waals surface area contributed by atoms with Gasteiger partial charge in [0.15, 0.2) is 0 Å². The number of nitrogens with one attached hydrogen (secondary N) is 2. The predicted octanol–water partition coefficient (Wildman–Crippen LogP) is 1.99. The number of nitrogens with zero attached hydrogens (tertiary/aromatic N) is 1. The zero-order chi connectivity index (χ0) is 22.8. The van der Waals surface area contributed by atoms with Gasteiger partial charge in [-0.15, -0.1) is 0 Å². The molecule has 32 heavy (non-hydrogen) atoms. The molecule has 2 saturated heterocycles. The molecule has 0 radical (unpaired) electrons. The zero-order valence-corrected chi connectivity index (χ0v) is 18.5. The fourth-order valence-electron chi connectivity index (χ4n) is 5.54. The summed E-state index contributed by atoms with van der Waals surface area (Å²) in [6, 6.07) is 12.3. The highest BCUT2D eigenvalue weighted by molar-refractivity contribution is 6.31. The van der Waals surface area contributed by atoms with Crippen molar-refractivity contribution in [1.29, 1.82) is 0 Å². The molecule has 5 rings (SSSR count). The van der Waals surface area contributed by atoms with E-state index >= 15 is 0 Å². The molecule has 1 spiro atoms. The smallest absolute Gasteiger partial charge is 0.250 e. The lowest BCUT2D eigenvalue weighted by atomic mass is 9.76. The van der Waals surface area contributed by atoms with Gasteiger partial charge < -0.3 is 10.4 Å². The maximum atomic E-state index is 13.6. The minimum absolute atomic E-state index is 0.223. The van der Waals surface area contributed by atoms with Gasteiger partial charge in [0.25, 0.3) is 0 Å². The fraction of sp³-hybridized carbons (Fsp3) is 0.375. The van der Waals surface area contributed by atoms with E-state index in [2.05, 4.69) is 10.6 Å². The normalized spacial score (nSPS) is 29.4. The number of amides is 3. The third kappa shape index (κ3) is 2.85. The number of fused-ring (bicyclic) bond motifs is 4. The lowest BCUT2D eigenvalue weighted by Crippen LogP contribution is -2.55. The SMILES string of the molecule is Cc1cc(Cl)cc2c1NC(=O)[C@@]21N[C@@H]([C@@H](C)O)[C@H]2C(=O)N(CCc3ccccc3)C(=O)[C@@H]21. The monoisotopic (exact) mass is 453 g/mol. The Hall–Kier alpha value is -2.74. The Bertz CT molecular complexity index is 1140. The Balaban J connectivity index is 1.58. The Labute approximate surface area is 190 Å². The van der Waals surface area contributed by atoms with Crippen molar-refractivity contribution >= 4 is 35.0 Å². The van der Waals surface area contributed by atoms with Gasteiger partial charge in [-0.1, -0.05) is 41.9 Å². The number of hydrogen-bond acceptors (Lipinski definition) is 5. The number of imide groups is 1. The first kappa shape index (κ1) is 21.1. The molecule has 0 saturated carbocycles. The maximum Gasteiger partial charge on any atom is 0.250 e. The summed E-state index contributed by atoms with van der Waals surface area (Å²) in [7, 11) is 0. The van der Waals surface area contributed by atoms with E-state index in [1.165, 1.54) is 4.90 Å². The Morgan fingerprint density at radius 3 is 2.56 bits per heavy atom. The minimum Gasteiger partial charge on any atom is -0.392 e. The van der Waals surface area contributed by atoms with Crippen molar-refractivity contribution < 1.29 is 19.5 Å². The van der Waals surface area contributed by atoms with Crippen LogP contribution in [-0.2, 0) is 26.3 Å². The Morgan fingerprint density at radius 1 is 1.16 bits per heavy atom. The number of aliphatic hydroxyl groups excluding tert-OH is 1. The molecule has 2 fully saturated rings. The van der Waals surface area contributed by atoms with Crippen LogP contribution in [0.4, 0.5) is 5.69 Å². The minimum atomic E-state index is -1.45. The van der Waals surface area contributed by atoms with Crippen LogP contribution in [0.2, 0.25) is 5.02 Å². The van der Waals surface area contributed by atoms with Crippen LogP contribution < -0.4 is 10.6 Å². The molecule has 0 aromatic heterocycles. The number of benzene rings is 2. The van der Waals surface area contributed by atoms with Crippen molar-refractivity contribution in [1.82, 2.24) is 10.2 Å². The molecule has 2 aromatic rings. The van der Waals surface area contributed by atoms with Crippen molar-refractivity contribution in [2.24, 2.45) is 11.8 Å². The highest BCUT2D eigenvalue weighted by atomic mass is 35.5. The quantitative estimate of drug-likeness (QED) is 0.615. The van der Waals surface area contributed by atoms with E-state index in [9.17, 15) is 19.5 Å². The van der Waals surface area contributed by atoms with Crippen LogP contribution in [0.15, 0.2) is 42.5 Å². The van der Waals surface area contributed by atoms with Crippen molar-refractivity contribution in [2.45, 2.75) is 38.0 Å². The molecule has 3 amide bonds. The van der Waals surface area contributed by atoms with Gasteiger partial charge in [0.05, 0.1) is 17.9 Å². The van der Waals surface area contributed by atoms with Crippen molar-refractivity contribution in [3.8, 4) is 0 Å². The average Bonchev–Trinajstić information content (AvgIpc) is 3.34. The largest absolute Gasteiger partial charge is 0.392 e. The van der Waals surface area contributed by atoms with Gasteiger partial charge in [0, 0.05) is 28.9 Å². The topological polar surface area (TPSA) is 98.7 Å². The molecule has 7 nitrogen and oxygen atoms in total. The van der Waals surface area contributed by atoms with Crippen LogP contribution in [0.25, 0.3) is 0 Å². The van der Waals surface area contributed by atoms with E-state index in [-0.39, 0.29) is 12.5 Å². The predicted molar refractivity (Wildman–Crippen MR) is 119 cm³/mol. The molecule has 3 aliphatic heterocycles. The second-order valence-electron chi connectivity index (χ2n) is 8.89. The summed E-state index contributed by atoms with van der Waals surface area (Å²) in [6.45, 7) is 3.62. The molecule has 0 bridgehead atoms. The van der Waals surface area contributed by atoms with E-state index < -0.39 is 41.3 Å². The van der Waals surface area contributed by atoms with E-state index in [4.69, 9.17) is 11.6 Å². The summed E-state index contributed by atoms with van der Waals surface area (Å²) in [5, 5.41) is 17.0. The highest BCUT2D eigenvalue weighted by Crippen LogP contribution is 2.54. The molecular formula is C24H24ClN3O4. The van der Waals surface area contributed by atoms with Gasteiger partial charge >= 0.3 is 0 Å². The summed E-state index contributed by atoms with van der Waals surface area (Å²) in [5.41, 5.74) is 1.48. The van der Waals surface area contributed by atoms with Crippen LogP contribution in [0.3, 0.4) is 0 Å². The first-order valence-corrected chi connectivity index (χ1v) is 11.1. The fourth-order valence-corrected chi connectivity index (χ4v) is 5.82. The number of halogens is 1. The lowest BCUT2D eigenvalue weighted by Gasteiger charge is -2.30. The van der Waals surface area contributed by atoms with E-state index in [1.807, 2.05) is 37.3 Å². The van der Waals surface area contributed by atoms with Gasteiger partial charge in [0.2, 0.25) is 17.7 Å². The molecule has 5 atom stereocenters. The van der Waals surface area contributed by atoms with Crippen LogP contribution in [-0.4, -0.2) is 46.4 Å². The van der Waals surface area contributed by atoms with Crippen molar-refractivity contribution in [3.05, 3.63) is 64.2 Å². The summed E-state index contributed by atoms with van der Waals surface area (Å²) in [5.74, 6) is -2.95. The molecule has 0 aliphatic carbocycles. The lowest BCUT2D eigenvalue weighted by molar-refractivity contribution is -0.143. The number of rotatable bonds is 4. The summed E-state index contributed by atoms with van der Waals surface area (Å²) in [4.78, 5) is 41.7. The number of hydrogen-bond donors (Lipinski definition) is 3. The van der Waals surface area contributed by atoms with E-state index in [0.717, 1.165) is 11.1 Å². The second-order valence-corrected chi connectivity index (χ2v) is 9.32. The summed E-state index contributed by atoms with van der Waals surface area (Å²) >= 11 is 6.31. The molecular weight excluding hydrogens is 430 g/mol. The van der Waals surface area contributed by atoms with Crippen LogP contribution in [0.1, 0.15) is 23.6 Å². The third-order valence-corrected chi connectivity index (χ3v) is 7.22.